The zero-order valence-electron chi connectivity index (χ0n) is 10.3. The van der Waals surface area contributed by atoms with Gasteiger partial charge in [-0.1, -0.05) is 0 Å². The van der Waals surface area contributed by atoms with E-state index in [4.69, 9.17) is 4.74 Å². The SMILES string of the molecule is CC(c1cc(Br)cs1)N(C)C1COCC1C(=O)O. The summed E-state index contributed by atoms with van der Waals surface area (Å²) in [5, 5.41) is 11.2. The minimum absolute atomic E-state index is 0.0571. The van der Waals surface area contributed by atoms with Crippen molar-refractivity contribution in [2.75, 3.05) is 20.3 Å². The van der Waals surface area contributed by atoms with Crippen molar-refractivity contribution in [3.05, 3.63) is 20.8 Å². The zero-order valence-corrected chi connectivity index (χ0v) is 12.7. The molecule has 4 nitrogen and oxygen atoms in total. The molecule has 1 saturated heterocycles. The van der Waals surface area contributed by atoms with Gasteiger partial charge in [0.05, 0.1) is 19.1 Å². The van der Waals surface area contributed by atoms with Crippen molar-refractivity contribution in [2.45, 2.75) is 19.0 Å². The molecule has 100 valence electrons. The van der Waals surface area contributed by atoms with Crippen molar-refractivity contribution < 1.29 is 14.6 Å². The molecule has 3 atom stereocenters. The van der Waals surface area contributed by atoms with Gasteiger partial charge in [0.15, 0.2) is 0 Å². The van der Waals surface area contributed by atoms with Crippen LogP contribution in [-0.4, -0.2) is 42.3 Å². The monoisotopic (exact) mass is 333 g/mol. The molecule has 0 aromatic carbocycles. The van der Waals surface area contributed by atoms with Gasteiger partial charge in [0.1, 0.15) is 0 Å². The number of rotatable bonds is 4. The van der Waals surface area contributed by atoms with Gasteiger partial charge in [0.25, 0.3) is 0 Å². The van der Waals surface area contributed by atoms with Crippen LogP contribution in [0.15, 0.2) is 15.9 Å². The fraction of sp³-hybridized carbons (Fsp3) is 0.583. The maximum Gasteiger partial charge on any atom is 0.310 e. The Balaban J connectivity index is 2.10. The van der Waals surface area contributed by atoms with Gasteiger partial charge in [-0.2, -0.15) is 0 Å². The van der Waals surface area contributed by atoms with Crippen LogP contribution in [0.1, 0.15) is 17.8 Å². The lowest BCUT2D eigenvalue weighted by Crippen LogP contribution is -2.41. The summed E-state index contributed by atoms with van der Waals surface area (Å²) in [4.78, 5) is 14.5. The molecule has 2 heterocycles. The fourth-order valence-electron chi connectivity index (χ4n) is 2.22. The van der Waals surface area contributed by atoms with Crippen molar-refractivity contribution in [3.63, 3.8) is 0 Å². The summed E-state index contributed by atoms with van der Waals surface area (Å²) >= 11 is 5.12. The third kappa shape index (κ3) is 2.77. The second kappa shape index (κ2) is 5.69. The van der Waals surface area contributed by atoms with Crippen molar-refractivity contribution in [3.8, 4) is 0 Å². The van der Waals surface area contributed by atoms with E-state index in [9.17, 15) is 9.90 Å². The minimum Gasteiger partial charge on any atom is -0.481 e. The van der Waals surface area contributed by atoms with Crippen LogP contribution in [0.3, 0.4) is 0 Å². The van der Waals surface area contributed by atoms with Crippen LogP contribution >= 0.6 is 27.3 Å². The Labute approximate surface area is 119 Å². The van der Waals surface area contributed by atoms with E-state index in [-0.39, 0.29) is 12.1 Å². The van der Waals surface area contributed by atoms with Gasteiger partial charge in [0, 0.05) is 26.8 Å². The lowest BCUT2D eigenvalue weighted by atomic mass is 10.0. The van der Waals surface area contributed by atoms with E-state index in [1.165, 1.54) is 4.88 Å². The van der Waals surface area contributed by atoms with E-state index in [0.29, 0.717) is 13.2 Å². The highest BCUT2D eigenvalue weighted by molar-refractivity contribution is 9.10. The maximum atomic E-state index is 11.2. The average Bonchev–Trinajstić information content (AvgIpc) is 2.95. The van der Waals surface area contributed by atoms with E-state index in [2.05, 4.69) is 33.8 Å². The number of carboxylic acids is 1. The van der Waals surface area contributed by atoms with E-state index < -0.39 is 11.9 Å². The van der Waals surface area contributed by atoms with Crippen LogP contribution in [0.25, 0.3) is 0 Å². The summed E-state index contributed by atoms with van der Waals surface area (Å²) in [5.74, 6) is -1.20. The molecule has 18 heavy (non-hydrogen) atoms. The van der Waals surface area contributed by atoms with Gasteiger partial charge >= 0.3 is 5.97 Å². The molecule has 0 spiro atoms. The summed E-state index contributed by atoms with van der Waals surface area (Å²) in [6.45, 7) is 2.89. The molecule has 1 N–H and O–H groups in total. The molecule has 3 unspecified atom stereocenters. The van der Waals surface area contributed by atoms with E-state index >= 15 is 0 Å². The topological polar surface area (TPSA) is 49.8 Å². The number of thiophene rings is 1. The van der Waals surface area contributed by atoms with Crippen LogP contribution in [0.4, 0.5) is 0 Å². The molecule has 0 saturated carbocycles. The Hall–Kier alpha value is -0.430. The van der Waals surface area contributed by atoms with Crippen LogP contribution in [0.5, 0.6) is 0 Å². The van der Waals surface area contributed by atoms with Gasteiger partial charge in [-0.05, 0) is 36.0 Å². The fourth-order valence-corrected chi connectivity index (χ4v) is 3.77. The highest BCUT2D eigenvalue weighted by atomic mass is 79.9. The van der Waals surface area contributed by atoms with Crippen molar-refractivity contribution in [2.24, 2.45) is 5.92 Å². The summed E-state index contributed by atoms with van der Waals surface area (Å²) in [7, 11) is 1.97. The van der Waals surface area contributed by atoms with Gasteiger partial charge in [0.2, 0.25) is 0 Å². The van der Waals surface area contributed by atoms with Crippen molar-refractivity contribution in [1.29, 1.82) is 0 Å². The van der Waals surface area contributed by atoms with Crippen LogP contribution in [0, 0.1) is 5.92 Å². The van der Waals surface area contributed by atoms with Crippen LogP contribution in [0.2, 0.25) is 0 Å². The van der Waals surface area contributed by atoms with E-state index in [0.717, 1.165) is 4.47 Å². The summed E-state index contributed by atoms with van der Waals surface area (Å²) < 4.78 is 6.38. The van der Waals surface area contributed by atoms with Crippen molar-refractivity contribution >= 4 is 33.2 Å². The standard InChI is InChI=1S/C12H16BrNO3S/c1-7(11-3-8(13)6-18-11)14(2)10-5-17-4-9(10)12(15)16/h3,6-7,9-10H,4-5H2,1-2H3,(H,15,16). The first kappa shape index (κ1) is 14.0. The number of aliphatic carboxylic acids is 1. The molecular weight excluding hydrogens is 318 g/mol. The Morgan fingerprint density at radius 2 is 2.39 bits per heavy atom. The molecule has 0 radical (unpaired) electrons. The van der Waals surface area contributed by atoms with Crippen molar-refractivity contribution in [1.82, 2.24) is 4.90 Å². The smallest absolute Gasteiger partial charge is 0.310 e. The van der Waals surface area contributed by atoms with Gasteiger partial charge in [-0.25, -0.2) is 0 Å². The molecule has 0 bridgehead atoms. The van der Waals surface area contributed by atoms with Crippen LogP contribution in [-0.2, 0) is 9.53 Å². The van der Waals surface area contributed by atoms with E-state index in [1.54, 1.807) is 11.3 Å². The molecule has 1 fully saturated rings. The molecule has 1 aromatic rings. The molecule has 1 aliphatic rings. The summed E-state index contributed by atoms with van der Waals surface area (Å²) in [5.41, 5.74) is 0. The minimum atomic E-state index is -0.774. The van der Waals surface area contributed by atoms with Gasteiger partial charge in [-0.15, -0.1) is 11.3 Å². The highest BCUT2D eigenvalue weighted by Gasteiger charge is 2.38. The molecule has 0 aliphatic carbocycles. The van der Waals surface area contributed by atoms with E-state index in [1.807, 2.05) is 12.4 Å². The number of carbonyl (C=O) groups is 1. The molecule has 6 heteroatoms. The normalized spacial score (nSPS) is 25.6. The molecular formula is C12H16BrNO3S. The Morgan fingerprint density at radius 3 is 2.94 bits per heavy atom. The maximum absolute atomic E-state index is 11.2. The largest absolute Gasteiger partial charge is 0.481 e. The molecule has 1 aliphatic heterocycles. The Kier molecular flexibility index (Phi) is 4.42. The zero-order chi connectivity index (χ0) is 13.3. The Morgan fingerprint density at radius 1 is 1.67 bits per heavy atom. The number of ether oxygens (including phenoxy) is 1. The lowest BCUT2D eigenvalue weighted by molar-refractivity contribution is -0.143. The van der Waals surface area contributed by atoms with Gasteiger partial charge in [-0.3, -0.25) is 9.69 Å². The molecule has 0 amide bonds. The first-order chi connectivity index (χ1) is 8.50. The summed E-state index contributed by atoms with van der Waals surface area (Å²) in [6, 6.07) is 2.21. The molecule has 2 rings (SSSR count). The Bertz CT molecular complexity index is 437. The predicted octanol–water partition coefficient (Wildman–Crippen LogP) is 2.60. The number of hydrogen-bond donors (Lipinski definition) is 1. The lowest BCUT2D eigenvalue weighted by Gasteiger charge is -2.31. The van der Waals surface area contributed by atoms with Crippen LogP contribution < -0.4 is 0 Å². The van der Waals surface area contributed by atoms with Gasteiger partial charge < -0.3 is 9.84 Å². The first-order valence-electron chi connectivity index (χ1n) is 5.77. The quantitative estimate of drug-likeness (QED) is 0.920. The summed E-state index contributed by atoms with van der Waals surface area (Å²) in [6.07, 6.45) is 0. The number of halogens is 1. The second-order valence-corrected chi connectivity index (χ2v) is 6.42. The number of likely N-dealkylation sites (N-methyl/N-ethyl adjacent to an activating group) is 1. The number of carboxylic acid groups (broad SMARTS) is 1. The predicted molar refractivity (Wildman–Crippen MR) is 73.9 cm³/mol. The third-order valence-electron chi connectivity index (χ3n) is 3.50. The highest BCUT2D eigenvalue weighted by Crippen LogP contribution is 2.32. The first-order valence-corrected chi connectivity index (χ1v) is 7.44. The second-order valence-electron chi connectivity index (χ2n) is 4.56. The third-order valence-corrected chi connectivity index (χ3v) is 5.37. The molecule has 1 aromatic heterocycles. The average molecular weight is 334 g/mol. The number of hydrogen-bond acceptors (Lipinski definition) is 4. The number of nitrogens with zero attached hydrogens (tertiary/aromatic N) is 1.